The first-order valence-corrected chi connectivity index (χ1v) is 9.97. The van der Waals surface area contributed by atoms with Gasteiger partial charge in [-0.1, -0.05) is 54.6 Å². The second-order valence-corrected chi connectivity index (χ2v) is 7.31. The van der Waals surface area contributed by atoms with Crippen LogP contribution in [0.4, 0.5) is 5.69 Å². The Bertz CT molecular complexity index is 998. The molecule has 3 aromatic carbocycles. The van der Waals surface area contributed by atoms with Crippen LogP contribution < -0.4 is 15.4 Å². The highest BCUT2D eigenvalue weighted by molar-refractivity contribution is 6.04. The van der Waals surface area contributed by atoms with Gasteiger partial charge >= 0.3 is 0 Å². The fourth-order valence-electron chi connectivity index (χ4n) is 2.98. The van der Waals surface area contributed by atoms with Gasteiger partial charge in [-0.15, -0.1) is 0 Å². The number of hydrogen-bond acceptors (Lipinski definition) is 3. The van der Waals surface area contributed by atoms with Crippen molar-refractivity contribution in [2.45, 2.75) is 32.9 Å². The van der Waals surface area contributed by atoms with Gasteiger partial charge in [0.1, 0.15) is 5.75 Å². The summed E-state index contributed by atoms with van der Waals surface area (Å²) in [4.78, 5) is 25.0. The van der Waals surface area contributed by atoms with Gasteiger partial charge in [0.15, 0.2) is 6.10 Å². The zero-order valence-electron chi connectivity index (χ0n) is 17.4. The quantitative estimate of drug-likeness (QED) is 0.591. The van der Waals surface area contributed by atoms with Gasteiger partial charge in [0.2, 0.25) is 0 Å². The largest absolute Gasteiger partial charge is 0.481 e. The molecule has 2 amide bonds. The molecule has 0 aliphatic rings. The van der Waals surface area contributed by atoms with Gasteiger partial charge in [0.25, 0.3) is 11.8 Å². The Morgan fingerprint density at radius 1 is 0.767 bits per heavy atom. The Kier molecular flexibility index (Phi) is 6.86. The maximum Gasteiger partial charge on any atom is 0.265 e. The Balaban J connectivity index is 1.65. The summed E-state index contributed by atoms with van der Waals surface area (Å²) in [5, 5.41) is 5.64. The second-order valence-electron chi connectivity index (χ2n) is 7.31. The lowest BCUT2D eigenvalue weighted by Gasteiger charge is -2.17. The van der Waals surface area contributed by atoms with Crippen molar-refractivity contribution < 1.29 is 14.3 Å². The Labute approximate surface area is 177 Å². The number of para-hydroxylation sites is 1. The molecule has 0 aromatic heterocycles. The summed E-state index contributed by atoms with van der Waals surface area (Å²) in [6, 6.07) is 24.6. The van der Waals surface area contributed by atoms with Crippen molar-refractivity contribution in [3.05, 3.63) is 84.4 Å². The van der Waals surface area contributed by atoms with Crippen LogP contribution in [0.5, 0.6) is 5.75 Å². The van der Waals surface area contributed by atoms with E-state index in [9.17, 15) is 9.59 Å². The average molecular weight is 402 g/mol. The molecule has 3 rings (SSSR count). The van der Waals surface area contributed by atoms with E-state index in [4.69, 9.17) is 4.74 Å². The van der Waals surface area contributed by atoms with E-state index in [2.05, 4.69) is 10.6 Å². The molecule has 1 unspecified atom stereocenters. The van der Waals surface area contributed by atoms with Crippen LogP contribution in [0.25, 0.3) is 11.1 Å². The molecule has 0 aliphatic carbocycles. The van der Waals surface area contributed by atoms with E-state index in [1.807, 2.05) is 68.4 Å². The van der Waals surface area contributed by atoms with E-state index in [-0.39, 0.29) is 17.9 Å². The normalized spacial score (nSPS) is 11.6. The number of benzene rings is 3. The summed E-state index contributed by atoms with van der Waals surface area (Å²) in [6.45, 7) is 5.45. The standard InChI is InChI=1S/C25H26N2O3/c1-17(2)26-25(29)22-11-7-8-12-23(22)27-24(28)18(3)30-21-15-13-20(14-16-21)19-9-5-4-6-10-19/h4-18H,1-3H3,(H,26,29)(H,27,28). The molecular weight excluding hydrogens is 376 g/mol. The van der Waals surface area contributed by atoms with Gasteiger partial charge in [0.05, 0.1) is 11.3 Å². The third-order valence-corrected chi connectivity index (χ3v) is 4.49. The molecule has 1 atom stereocenters. The van der Waals surface area contributed by atoms with Crippen LogP contribution in [0.2, 0.25) is 0 Å². The Hall–Kier alpha value is -3.60. The first-order valence-electron chi connectivity index (χ1n) is 9.97. The number of amides is 2. The van der Waals surface area contributed by atoms with E-state index in [0.717, 1.165) is 11.1 Å². The predicted molar refractivity (Wildman–Crippen MR) is 120 cm³/mol. The number of rotatable bonds is 7. The molecular formula is C25H26N2O3. The van der Waals surface area contributed by atoms with Crippen LogP contribution in [-0.4, -0.2) is 24.0 Å². The topological polar surface area (TPSA) is 67.4 Å². The molecule has 0 radical (unpaired) electrons. The third kappa shape index (κ3) is 5.47. The first kappa shape index (κ1) is 21.1. The molecule has 5 heteroatoms. The van der Waals surface area contributed by atoms with Gasteiger partial charge in [-0.2, -0.15) is 0 Å². The number of carbonyl (C=O) groups is 2. The molecule has 0 saturated carbocycles. The van der Waals surface area contributed by atoms with Crippen LogP contribution in [0.15, 0.2) is 78.9 Å². The SMILES string of the molecule is CC(C)NC(=O)c1ccccc1NC(=O)C(C)Oc1ccc(-c2ccccc2)cc1. The number of hydrogen-bond donors (Lipinski definition) is 2. The van der Waals surface area contributed by atoms with Crippen LogP contribution in [0.1, 0.15) is 31.1 Å². The predicted octanol–water partition coefficient (Wildman–Crippen LogP) is 4.90. The smallest absolute Gasteiger partial charge is 0.265 e. The summed E-state index contributed by atoms with van der Waals surface area (Å²) in [6.07, 6.45) is -0.728. The number of ether oxygens (including phenoxy) is 1. The van der Waals surface area contributed by atoms with Crippen molar-refractivity contribution in [3.63, 3.8) is 0 Å². The molecule has 2 N–H and O–H groups in total. The average Bonchev–Trinajstić information content (AvgIpc) is 2.74. The van der Waals surface area contributed by atoms with Crippen molar-refractivity contribution in [1.29, 1.82) is 0 Å². The minimum Gasteiger partial charge on any atom is -0.481 e. The fourth-order valence-corrected chi connectivity index (χ4v) is 2.98. The first-order chi connectivity index (χ1) is 14.4. The summed E-state index contributed by atoms with van der Waals surface area (Å²) in [7, 11) is 0. The molecule has 0 bridgehead atoms. The third-order valence-electron chi connectivity index (χ3n) is 4.49. The van der Waals surface area contributed by atoms with Gasteiger partial charge in [-0.25, -0.2) is 0 Å². The van der Waals surface area contributed by atoms with Gasteiger partial charge in [-0.3, -0.25) is 9.59 Å². The van der Waals surface area contributed by atoms with Crippen LogP contribution in [-0.2, 0) is 4.79 Å². The summed E-state index contributed by atoms with van der Waals surface area (Å²) >= 11 is 0. The van der Waals surface area contributed by atoms with Crippen molar-refractivity contribution in [2.24, 2.45) is 0 Å². The fraction of sp³-hybridized carbons (Fsp3) is 0.200. The maximum absolute atomic E-state index is 12.6. The van der Waals surface area contributed by atoms with Gasteiger partial charge in [0, 0.05) is 6.04 Å². The molecule has 0 fully saturated rings. The Morgan fingerprint density at radius 3 is 2.03 bits per heavy atom. The molecule has 0 heterocycles. The zero-order chi connectivity index (χ0) is 21.5. The van der Waals surface area contributed by atoms with Crippen molar-refractivity contribution in [1.82, 2.24) is 5.32 Å². The van der Waals surface area contributed by atoms with E-state index in [1.165, 1.54) is 0 Å². The van der Waals surface area contributed by atoms with E-state index in [1.54, 1.807) is 31.2 Å². The lowest BCUT2D eigenvalue weighted by Crippen LogP contribution is -2.33. The van der Waals surface area contributed by atoms with Crippen molar-refractivity contribution >= 4 is 17.5 Å². The molecule has 30 heavy (non-hydrogen) atoms. The minimum absolute atomic E-state index is 0.00220. The highest BCUT2D eigenvalue weighted by atomic mass is 16.5. The lowest BCUT2D eigenvalue weighted by molar-refractivity contribution is -0.122. The van der Waals surface area contributed by atoms with E-state index in [0.29, 0.717) is 17.0 Å². The number of carbonyl (C=O) groups excluding carboxylic acids is 2. The highest BCUT2D eigenvalue weighted by Crippen LogP contribution is 2.23. The molecule has 0 aliphatic heterocycles. The lowest BCUT2D eigenvalue weighted by atomic mass is 10.1. The summed E-state index contributed by atoms with van der Waals surface area (Å²) in [5.41, 5.74) is 3.06. The Morgan fingerprint density at radius 2 is 1.37 bits per heavy atom. The summed E-state index contributed by atoms with van der Waals surface area (Å²) < 4.78 is 5.79. The van der Waals surface area contributed by atoms with Crippen molar-refractivity contribution in [2.75, 3.05) is 5.32 Å². The van der Waals surface area contributed by atoms with Crippen LogP contribution >= 0.6 is 0 Å². The maximum atomic E-state index is 12.6. The number of anilines is 1. The monoisotopic (exact) mass is 402 g/mol. The molecule has 3 aromatic rings. The van der Waals surface area contributed by atoms with Crippen LogP contribution in [0, 0.1) is 0 Å². The second kappa shape index (κ2) is 9.74. The zero-order valence-corrected chi connectivity index (χ0v) is 17.4. The van der Waals surface area contributed by atoms with E-state index >= 15 is 0 Å². The highest BCUT2D eigenvalue weighted by Gasteiger charge is 2.18. The van der Waals surface area contributed by atoms with Gasteiger partial charge < -0.3 is 15.4 Å². The van der Waals surface area contributed by atoms with Crippen LogP contribution in [0.3, 0.4) is 0 Å². The number of nitrogens with one attached hydrogen (secondary N) is 2. The molecule has 0 saturated heterocycles. The van der Waals surface area contributed by atoms with E-state index < -0.39 is 6.10 Å². The summed E-state index contributed by atoms with van der Waals surface area (Å²) in [5.74, 6) is 0.0427. The molecule has 0 spiro atoms. The van der Waals surface area contributed by atoms with Gasteiger partial charge in [-0.05, 0) is 56.2 Å². The minimum atomic E-state index is -0.728. The van der Waals surface area contributed by atoms with Crippen molar-refractivity contribution in [3.8, 4) is 16.9 Å². The molecule has 154 valence electrons. The molecule has 5 nitrogen and oxygen atoms in total.